The molecule has 0 aliphatic heterocycles. The van der Waals surface area contributed by atoms with Crippen LogP contribution in [0.3, 0.4) is 0 Å². The van der Waals surface area contributed by atoms with Crippen LogP contribution in [0.1, 0.15) is 11.1 Å². The van der Waals surface area contributed by atoms with Gasteiger partial charge >= 0.3 is 0 Å². The Morgan fingerprint density at radius 1 is 0.640 bits per heavy atom. The quantitative estimate of drug-likeness (QED) is 0.369. The maximum absolute atomic E-state index is 10.3. The Labute approximate surface area is 176 Å². The normalized spacial score (nSPS) is 11.1. The molecule has 0 saturated heterocycles. The predicted molar refractivity (Wildman–Crippen MR) is 110 cm³/mol. The molecule has 0 saturated carbocycles. The molecule has 0 heterocycles. The van der Waals surface area contributed by atoms with Crippen LogP contribution in [-0.4, -0.2) is 69.7 Å². The molecular weight excluding hydrogens is 429 g/mol. The van der Waals surface area contributed by atoms with E-state index in [2.05, 4.69) is 0 Å². The lowest BCUT2D eigenvalue weighted by Gasteiger charge is -2.23. The van der Waals surface area contributed by atoms with Crippen molar-refractivity contribution in [3.63, 3.8) is 0 Å². The van der Waals surface area contributed by atoms with Crippen molar-refractivity contribution in [1.29, 1.82) is 0 Å². The number of benzene rings is 1. The Morgan fingerprint density at radius 3 is 1.16 bits per heavy atom. The summed E-state index contributed by atoms with van der Waals surface area (Å²) in [6.07, 6.45) is 0. The van der Waals surface area contributed by atoms with Crippen LogP contribution in [0.4, 0.5) is 0 Å². The fourth-order valence-electron chi connectivity index (χ4n) is 2.42. The first-order chi connectivity index (χ1) is 11.5. The standard InChI is InChI=1S/C16H24Cl4N2O2.ClH/c17-1-5-21(6-2-18)11-13-9-16(24)14(10-15(13)23)12-22(7-3-19)8-4-20;/h9-10,23-24H,1-8,11-12H2;1H. The lowest BCUT2D eigenvalue weighted by Crippen LogP contribution is -2.28. The first-order valence-electron chi connectivity index (χ1n) is 7.78. The van der Waals surface area contributed by atoms with E-state index in [4.69, 9.17) is 46.4 Å². The third kappa shape index (κ3) is 9.09. The second kappa shape index (κ2) is 14.3. The Bertz CT molecular complexity index is 438. The van der Waals surface area contributed by atoms with Crippen LogP contribution in [0.25, 0.3) is 0 Å². The summed E-state index contributed by atoms with van der Waals surface area (Å²) in [6, 6.07) is 3.19. The van der Waals surface area contributed by atoms with Crippen LogP contribution in [-0.2, 0) is 13.1 Å². The van der Waals surface area contributed by atoms with Crippen LogP contribution in [0, 0.1) is 0 Å². The van der Waals surface area contributed by atoms with Gasteiger partial charge < -0.3 is 10.2 Å². The van der Waals surface area contributed by atoms with Gasteiger partial charge in [-0.1, -0.05) is 0 Å². The van der Waals surface area contributed by atoms with Crippen LogP contribution in [0.2, 0.25) is 0 Å². The molecule has 0 aliphatic rings. The van der Waals surface area contributed by atoms with E-state index in [1.54, 1.807) is 12.1 Å². The fourth-order valence-corrected chi connectivity index (χ4v) is 3.37. The van der Waals surface area contributed by atoms with Gasteiger partial charge in [0.15, 0.2) is 0 Å². The number of hydrogen-bond donors (Lipinski definition) is 2. The van der Waals surface area contributed by atoms with Gasteiger partial charge in [-0.2, -0.15) is 0 Å². The first-order valence-corrected chi connectivity index (χ1v) is 9.91. The molecule has 2 N–H and O–H groups in total. The summed E-state index contributed by atoms with van der Waals surface area (Å²) < 4.78 is 0. The molecule has 9 heteroatoms. The summed E-state index contributed by atoms with van der Waals surface area (Å²) in [4.78, 5) is 4.06. The maximum atomic E-state index is 10.3. The van der Waals surface area contributed by atoms with Gasteiger partial charge in [-0.25, -0.2) is 0 Å². The topological polar surface area (TPSA) is 46.9 Å². The molecule has 0 aliphatic carbocycles. The van der Waals surface area contributed by atoms with E-state index in [1.807, 2.05) is 9.80 Å². The summed E-state index contributed by atoms with van der Waals surface area (Å²) in [6.45, 7) is 3.61. The number of phenols is 2. The van der Waals surface area contributed by atoms with Crippen molar-refractivity contribution in [2.24, 2.45) is 0 Å². The number of aromatic hydroxyl groups is 2. The molecule has 0 fully saturated rings. The molecular formula is C16H25Cl5N2O2. The van der Waals surface area contributed by atoms with E-state index in [0.717, 1.165) is 0 Å². The number of alkyl halides is 4. The van der Waals surface area contributed by atoms with E-state index < -0.39 is 0 Å². The van der Waals surface area contributed by atoms with Crippen LogP contribution in [0.15, 0.2) is 12.1 Å². The smallest absolute Gasteiger partial charge is 0.120 e. The number of rotatable bonds is 12. The molecule has 146 valence electrons. The lowest BCUT2D eigenvalue weighted by molar-refractivity contribution is 0.287. The van der Waals surface area contributed by atoms with Crippen molar-refractivity contribution < 1.29 is 10.2 Å². The minimum absolute atomic E-state index is 0. The maximum Gasteiger partial charge on any atom is 0.120 e. The number of nitrogens with zero attached hydrogens (tertiary/aromatic N) is 2. The largest absolute Gasteiger partial charge is 0.508 e. The molecule has 1 rings (SSSR count). The van der Waals surface area contributed by atoms with Crippen molar-refractivity contribution in [1.82, 2.24) is 9.80 Å². The first kappa shape index (κ1) is 25.2. The van der Waals surface area contributed by atoms with Gasteiger partial charge in [0, 0.05) is 73.9 Å². The Kier molecular flexibility index (Phi) is 14.4. The van der Waals surface area contributed by atoms with E-state index in [1.165, 1.54) is 0 Å². The SMILES string of the molecule is Cl.Oc1cc(CN(CCCl)CCCl)c(O)cc1CN(CCCl)CCCl. The Hall–Kier alpha value is 0.190. The molecule has 1 aromatic carbocycles. The summed E-state index contributed by atoms with van der Waals surface area (Å²) in [5.74, 6) is 2.21. The van der Waals surface area contributed by atoms with Crippen LogP contribution >= 0.6 is 58.8 Å². The third-order valence-electron chi connectivity index (χ3n) is 3.67. The van der Waals surface area contributed by atoms with Gasteiger partial charge in [0.05, 0.1) is 0 Å². The summed E-state index contributed by atoms with van der Waals surface area (Å²) >= 11 is 23.1. The minimum atomic E-state index is 0. The van der Waals surface area contributed by atoms with Gasteiger partial charge in [-0.05, 0) is 12.1 Å². The van der Waals surface area contributed by atoms with Crippen molar-refractivity contribution in [2.75, 3.05) is 49.7 Å². The molecule has 0 bridgehead atoms. The van der Waals surface area contributed by atoms with Gasteiger partial charge in [-0.15, -0.1) is 58.8 Å². The Balaban J connectivity index is 0.00000576. The average molecular weight is 455 g/mol. The minimum Gasteiger partial charge on any atom is -0.508 e. The van der Waals surface area contributed by atoms with E-state index >= 15 is 0 Å². The van der Waals surface area contributed by atoms with E-state index in [0.29, 0.717) is 73.9 Å². The fraction of sp³-hybridized carbons (Fsp3) is 0.625. The van der Waals surface area contributed by atoms with Crippen molar-refractivity contribution in [3.05, 3.63) is 23.3 Å². The summed E-state index contributed by atoms with van der Waals surface area (Å²) in [5, 5.41) is 20.6. The molecule has 0 aromatic heterocycles. The monoisotopic (exact) mass is 452 g/mol. The van der Waals surface area contributed by atoms with Crippen molar-refractivity contribution in [3.8, 4) is 11.5 Å². The zero-order valence-corrected chi connectivity index (χ0v) is 17.8. The van der Waals surface area contributed by atoms with Crippen LogP contribution in [0.5, 0.6) is 11.5 Å². The average Bonchev–Trinajstić information content (AvgIpc) is 2.53. The van der Waals surface area contributed by atoms with E-state index in [-0.39, 0.29) is 23.9 Å². The predicted octanol–water partition coefficient (Wildman–Crippen LogP) is 4.08. The molecule has 0 atom stereocenters. The summed E-state index contributed by atoms with van der Waals surface area (Å²) in [7, 11) is 0. The molecule has 25 heavy (non-hydrogen) atoms. The van der Waals surface area contributed by atoms with Gasteiger partial charge in [-0.3, -0.25) is 9.80 Å². The Morgan fingerprint density at radius 2 is 0.920 bits per heavy atom. The lowest BCUT2D eigenvalue weighted by atomic mass is 10.1. The number of hydrogen-bond acceptors (Lipinski definition) is 4. The van der Waals surface area contributed by atoms with Gasteiger partial charge in [0.2, 0.25) is 0 Å². The molecule has 1 aromatic rings. The van der Waals surface area contributed by atoms with Gasteiger partial charge in [0.1, 0.15) is 11.5 Å². The second-order valence-corrected chi connectivity index (χ2v) is 6.93. The molecule has 4 nitrogen and oxygen atoms in total. The van der Waals surface area contributed by atoms with Crippen molar-refractivity contribution in [2.45, 2.75) is 13.1 Å². The highest BCUT2D eigenvalue weighted by molar-refractivity contribution is 6.18. The highest BCUT2D eigenvalue weighted by Gasteiger charge is 2.14. The third-order valence-corrected chi connectivity index (χ3v) is 4.35. The van der Waals surface area contributed by atoms with Gasteiger partial charge in [0.25, 0.3) is 0 Å². The zero-order chi connectivity index (χ0) is 17.9. The zero-order valence-electron chi connectivity index (χ0n) is 13.9. The molecule has 0 amide bonds. The molecule has 0 spiro atoms. The highest BCUT2D eigenvalue weighted by Crippen LogP contribution is 2.29. The number of halogens is 5. The van der Waals surface area contributed by atoms with Crippen molar-refractivity contribution >= 4 is 58.8 Å². The molecule has 0 radical (unpaired) electrons. The van der Waals surface area contributed by atoms with Crippen LogP contribution < -0.4 is 0 Å². The molecule has 0 unspecified atom stereocenters. The highest BCUT2D eigenvalue weighted by atomic mass is 35.5. The van der Waals surface area contributed by atoms with E-state index in [9.17, 15) is 10.2 Å². The second-order valence-electron chi connectivity index (χ2n) is 5.42. The summed E-state index contributed by atoms with van der Waals surface area (Å²) in [5.41, 5.74) is 1.29. The number of phenolic OH excluding ortho intramolecular Hbond substituents is 2.